The molecule has 0 bridgehead atoms. The number of halogens is 2. The second-order valence-corrected chi connectivity index (χ2v) is 7.61. The van der Waals surface area contributed by atoms with Gasteiger partial charge in [-0.25, -0.2) is 0 Å². The van der Waals surface area contributed by atoms with Gasteiger partial charge in [0.25, 0.3) is 0 Å². The first-order valence-corrected chi connectivity index (χ1v) is 6.62. The Hall–Kier alpha value is 0.943. The third-order valence-electron chi connectivity index (χ3n) is 4.26. The molecular formula is C16H26Cl2Zr. The molecule has 0 aromatic heterocycles. The van der Waals surface area contributed by atoms with Gasteiger partial charge < -0.3 is 24.8 Å². The molecule has 2 aliphatic rings. The zero-order valence-corrected chi connectivity index (χ0v) is 17.0. The van der Waals surface area contributed by atoms with E-state index in [4.69, 9.17) is 0 Å². The molecule has 2 aliphatic carbocycles. The Morgan fingerprint density at radius 2 is 1.53 bits per heavy atom. The first-order valence-electron chi connectivity index (χ1n) is 6.62. The van der Waals surface area contributed by atoms with Crippen LogP contribution in [-0.2, 0) is 26.2 Å². The van der Waals surface area contributed by atoms with Crippen LogP contribution in [0, 0.1) is 16.7 Å². The molecule has 19 heavy (non-hydrogen) atoms. The van der Waals surface area contributed by atoms with Gasteiger partial charge in [0.1, 0.15) is 0 Å². The van der Waals surface area contributed by atoms with Crippen molar-refractivity contribution in [3.8, 4) is 0 Å². The van der Waals surface area contributed by atoms with Crippen molar-refractivity contribution in [3.05, 3.63) is 22.8 Å². The summed E-state index contributed by atoms with van der Waals surface area (Å²) in [5.41, 5.74) is 5.86. The van der Waals surface area contributed by atoms with Gasteiger partial charge in [0.2, 0.25) is 0 Å². The molecule has 0 fully saturated rings. The molecule has 108 valence electrons. The fourth-order valence-electron chi connectivity index (χ4n) is 3.11. The summed E-state index contributed by atoms with van der Waals surface area (Å²) in [4.78, 5) is 0. The molecule has 3 heteroatoms. The van der Waals surface area contributed by atoms with E-state index >= 15 is 0 Å². The Balaban J connectivity index is 0. The summed E-state index contributed by atoms with van der Waals surface area (Å²) < 4.78 is 0. The third kappa shape index (κ3) is 4.72. The largest absolute Gasteiger partial charge is 2.00 e. The third-order valence-corrected chi connectivity index (χ3v) is 4.26. The molecule has 0 aromatic carbocycles. The minimum absolute atomic E-state index is 0. The molecule has 0 aromatic rings. The normalized spacial score (nSPS) is 22.0. The van der Waals surface area contributed by atoms with Crippen molar-refractivity contribution in [1.82, 2.24) is 0 Å². The van der Waals surface area contributed by atoms with Crippen LogP contribution in [0.2, 0.25) is 0 Å². The zero-order valence-electron chi connectivity index (χ0n) is 13.0. The minimum atomic E-state index is 0. The molecule has 0 nitrogen and oxygen atoms in total. The molecular weight excluding hydrogens is 354 g/mol. The van der Waals surface area contributed by atoms with Crippen LogP contribution in [0.3, 0.4) is 0 Å². The Bertz CT molecular complexity index is 367. The van der Waals surface area contributed by atoms with E-state index in [-0.39, 0.29) is 51.0 Å². The first kappa shape index (κ1) is 22.2. The van der Waals surface area contributed by atoms with Crippen LogP contribution in [0.4, 0.5) is 0 Å². The molecule has 0 N–H and O–H groups in total. The van der Waals surface area contributed by atoms with Crippen molar-refractivity contribution in [2.45, 2.75) is 60.8 Å². The second-order valence-electron chi connectivity index (χ2n) is 7.61. The van der Waals surface area contributed by atoms with E-state index in [1.54, 1.807) is 16.7 Å². The molecule has 0 saturated carbocycles. The maximum Gasteiger partial charge on any atom is 2.00 e. The summed E-state index contributed by atoms with van der Waals surface area (Å²) in [6, 6.07) is 0. The van der Waals surface area contributed by atoms with E-state index in [0.717, 1.165) is 5.92 Å². The Labute approximate surface area is 150 Å². The quantitative estimate of drug-likeness (QED) is 0.512. The van der Waals surface area contributed by atoms with Crippen LogP contribution in [0.25, 0.3) is 0 Å². The van der Waals surface area contributed by atoms with Crippen molar-refractivity contribution < 1.29 is 51.0 Å². The van der Waals surface area contributed by atoms with Crippen LogP contribution >= 0.6 is 0 Å². The molecule has 0 aliphatic heterocycles. The molecule has 0 radical (unpaired) electrons. The van der Waals surface area contributed by atoms with E-state index in [1.165, 1.54) is 19.3 Å². The number of hydrogen-bond donors (Lipinski definition) is 0. The Kier molecular flexibility index (Phi) is 8.52. The van der Waals surface area contributed by atoms with Gasteiger partial charge >= 0.3 is 26.2 Å². The van der Waals surface area contributed by atoms with E-state index in [1.807, 2.05) is 0 Å². The Morgan fingerprint density at radius 3 is 1.95 bits per heavy atom. The summed E-state index contributed by atoms with van der Waals surface area (Å²) in [7, 11) is 0. The number of hydrogen-bond acceptors (Lipinski definition) is 0. The van der Waals surface area contributed by atoms with E-state index in [0.29, 0.717) is 10.8 Å². The van der Waals surface area contributed by atoms with Crippen LogP contribution in [0.5, 0.6) is 0 Å². The molecule has 0 heterocycles. The predicted octanol–water partition coefficient (Wildman–Crippen LogP) is -0.879. The summed E-state index contributed by atoms with van der Waals surface area (Å²) >= 11 is 0. The van der Waals surface area contributed by atoms with Crippen molar-refractivity contribution in [2.24, 2.45) is 16.7 Å². The summed E-state index contributed by atoms with van der Waals surface area (Å²) in [6.07, 6.45) is 6.50. The van der Waals surface area contributed by atoms with Gasteiger partial charge in [-0.15, -0.1) is 0 Å². The fraction of sp³-hybridized carbons (Fsp3) is 0.750. The molecule has 1 unspecified atom stereocenters. The average molecular weight is 381 g/mol. The van der Waals surface area contributed by atoms with Crippen molar-refractivity contribution in [2.75, 3.05) is 0 Å². The van der Waals surface area contributed by atoms with Gasteiger partial charge in [-0.1, -0.05) is 58.8 Å². The van der Waals surface area contributed by atoms with E-state index < -0.39 is 0 Å². The van der Waals surface area contributed by atoms with Gasteiger partial charge in [0.15, 0.2) is 0 Å². The fourth-order valence-corrected chi connectivity index (χ4v) is 3.11. The molecule has 2 rings (SSSR count). The van der Waals surface area contributed by atoms with Gasteiger partial charge in [-0.3, -0.25) is 0 Å². The summed E-state index contributed by atoms with van der Waals surface area (Å²) in [6.45, 7) is 14.2. The van der Waals surface area contributed by atoms with Gasteiger partial charge in [0.05, 0.1) is 0 Å². The molecule has 1 atom stereocenters. The van der Waals surface area contributed by atoms with Crippen LogP contribution in [0.1, 0.15) is 60.8 Å². The maximum absolute atomic E-state index is 2.53. The standard InChI is InChI=1S/C16H26.2ClH.Zr/c1-15(2,3)12-9-11-7-8-14(13(11)10-12)16(4,5)6;;;/h10,14H,7-9H2,1-6H3;2*1H;/q;;;+2/p-2. The van der Waals surface area contributed by atoms with Gasteiger partial charge in [-0.2, -0.15) is 0 Å². The van der Waals surface area contributed by atoms with Gasteiger partial charge in [-0.05, 0) is 41.6 Å². The maximum atomic E-state index is 2.53. The topological polar surface area (TPSA) is 0 Å². The van der Waals surface area contributed by atoms with Crippen molar-refractivity contribution >= 4 is 0 Å². The molecule has 0 spiro atoms. The number of rotatable bonds is 0. The van der Waals surface area contributed by atoms with Crippen LogP contribution < -0.4 is 24.8 Å². The molecule has 0 amide bonds. The van der Waals surface area contributed by atoms with Crippen LogP contribution in [0.15, 0.2) is 22.8 Å². The monoisotopic (exact) mass is 378 g/mol. The van der Waals surface area contributed by atoms with Crippen LogP contribution in [-0.4, -0.2) is 0 Å². The number of allylic oxidation sites excluding steroid dienone is 4. The molecule has 0 saturated heterocycles. The van der Waals surface area contributed by atoms with Crippen molar-refractivity contribution in [1.29, 1.82) is 0 Å². The summed E-state index contributed by atoms with van der Waals surface area (Å²) in [5.74, 6) is 0.794. The predicted molar refractivity (Wildman–Crippen MR) is 71.4 cm³/mol. The minimum Gasteiger partial charge on any atom is -1.00 e. The van der Waals surface area contributed by atoms with E-state index in [2.05, 4.69) is 47.6 Å². The van der Waals surface area contributed by atoms with Gasteiger partial charge in [0, 0.05) is 0 Å². The SMILES string of the molecule is CC(C)(C)C1=CC2=C(CCC2C(C)(C)C)C1.[Cl-].[Cl-].[Zr+2]. The Morgan fingerprint density at radius 1 is 1.00 bits per heavy atom. The van der Waals surface area contributed by atoms with E-state index in [9.17, 15) is 0 Å². The summed E-state index contributed by atoms with van der Waals surface area (Å²) in [5, 5.41) is 0. The smallest absolute Gasteiger partial charge is 1.00 e. The van der Waals surface area contributed by atoms with Crippen molar-refractivity contribution in [3.63, 3.8) is 0 Å². The second kappa shape index (κ2) is 7.28. The average Bonchev–Trinajstić information content (AvgIpc) is 2.53. The first-order chi connectivity index (χ1) is 7.19. The zero-order chi connectivity index (χ0) is 12.1.